The van der Waals surface area contributed by atoms with Gasteiger partial charge in [0.2, 0.25) is 5.75 Å². The second-order valence-electron chi connectivity index (χ2n) is 5.05. The van der Waals surface area contributed by atoms with Crippen molar-refractivity contribution in [3.63, 3.8) is 0 Å². The van der Waals surface area contributed by atoms with Crippen molar-refractivity contribution in [1.82, 2.24) is 0 Å². The number of ether oxygens (including phenoxy) is 1. The SMILES string of the molecule is O=[N+]([O-])c1cc(N2C=CSC2c2ccccc2)ccc1OC(F)(F)F. The summed E-state index contributed by atoms with van der Waals surface area (Å²) >= 11 is 1.49. The minimum Gasteiger partial charge on any atom is -0.398 e. The minimum absolute atomic E-state index is 0.157. The Hall–Kier alpha value is -2.68. The molecule has 1 atom stereocenters. The molecule has 1 heterocycles. The molecule has 5 nitrogen and oxygen atoms in total. The van der Waals surface area contributed by atoms with E-state index in [9.17, 15) is 23.3 Å². The molecule has 2 aromatic carbocycles. The van der Waals surface area contributed by atoms with Crippen LogP contribution in [0.2, 0.25) is 0 Å². The first-order valence-electron chi connectivity index (χ1n) is 7.05. The molecule has 1 aliphatic heterocycles. The van der Waals surface area contributed by atoms with Gasteiger partial charge in [0.15, 0.2) is 0 Å². The molecule has 0 saturated carbocycles. The molecule has 0 saturated heterocycles. The Labute approximate surface area is 144 Å². The van der Waals surface area contributed by atoms with E-state index in [0.29, 0.717) is 5.69 Å². The van der Waals surface area contributed by atoms with Gasteiger partial charge in [0.1, 0.15) is 5.37 Å². The lowest BCUT2D eigenvalue weighted by molar-refractivity contribution is -0.388. The third-order valence-electron chi connectivity index (χ3n) is 3.43. The maximum atomic E-state index is 12.4. The molecular formula is C16H11F3N2O3S. The quantitative estimate of drug-likeness (QED) is 0.547. The summed E-state index contributed by atoms with van der Waals surface area (Å²) in [6.45, 7) is 0. The van der Waals surface area contributed by atoms with Crippen LogP contribution < -0.4 is 9.64 Å². The van der Waals surface area contributed by atoms with Crippen LogP contribution in [0.1, 0.15) is 10.9 Å². The molecule has 0 fully saturated rings. The minimum atomic E-state index is -5.00. The number of benzene rings is 2. The summed E-state index contributed by atoms with van der Waals surface area (Å²) in [4.78, 5) is 12.0. The molecule has 1 unspecified atom stereocenters. The van der Waals surface area contributed by atoms with Gasteiger partial charge >= 0.3 is 12.0 Å². The average molecular weight is 368 g/mol. The first kappa shape index (κ1) is 17.2. The summed E-state index contributed by atoms with van der Waals surface area (Å²) in [5.74, 6) is -0.839. The van der Waals surface area contributed by atoms with E-state index < -0.39 is 22.7 Å². The standard InChI is InChI=1S/C16H11F3N2O3S/c17-16(18,19)24-14-7-6-12(10-13(14)21(22)23)20-8-9-25-15(20)11-4-2-1-3-5-11/h1-10,15H. The zero-order valence-electron chi connectivity index (χ0n) is 12.5. The first-order valence-corrected chi connectivity index (χ1v) is 7.99. The third kappa shape index (κ3) is 3.87. The normalized spacial score (nSPS) is 16.9. The van der Waals surface area contributed by atoms with Gasteiger partial charge in [-0.25, -0.2) is 0 Å². The number of alkyl halides is 3. The Bertz CT molecular complexity index is 812. The van der Waals surface area contributed by atoms with Crippen molar-refractivity contribution in [2.45, 2.75) is 11.7 Å². The lowest BCUT2D eigenvalue weighted by atomic mass is 10.2. The van der Waals surface area contributed by atoms with Crippen LogP contribution in [0.15, 0.2) is 60.1 Å². The van der Waals surface area contributed by atoms with Crippen molar-refractivity contribution in [2.24, 2.45) is 0 Å². The first-order chi connectivity index (χ1) is 11.8. The number of thioether (sulfide) groups is 1. The van der Waals surface area contributed by atoms with Crippen molar-refractivity contribution in [3.8, 4) is 5.75 Å². The van der Waals surface area contributed by atoms with Crippen LogP contribution in [-0.2, 0) is 0 Å². The Morgan fingerprint density at radius 1 is 1.16 bits per heavy atom. The monoisotopic (exact) mass is 368 g/mol. The van der Waals surface area contributed by atoms with E-state index >= 15 is 0 Å². The number of rotatable bonds is 4. The maximum Gasteiger partial charge on any atom is 0.573 e. The second kappa shape index (κ2) is 6.67. The van der Waals surface area contributed by atoms with E-state index in [1.165, 1.54) is 17.8 Å². The highest BCUT2D eigenvalue weighted by Gasteiger charge is 2.35. The smallest absolute Gasteiger partial charge is 0.398 e. The van der Waals surface area contributed by atoms with Crippen LogP contribution in [0.4, 0.5) is 24.5 Å². The number of hydrogen-bond donors (Lipinski definition) is 0. The molecule has 0 aromatic heterocycles. The van der Waals surface area contributed by atoms with Crippen molar-refractivity contribution < 1.29 is 22.8 Å². The average Bonchev–Trinajstić information content (AvgIpc) is 3.04. The highest BCUT2D eigenvalue weighted by molar-refractivity contribution is 8.02. The van der Waals surface area contributed by atoms with Crippen molar-refractivity contribution >= 4 is 23.1 Å². The van der Waals surface area contributed by atoms with Crippen molar-refractivity contribution in [3.05, 3.63) is 75.8 Å². The molecule has 0 N–H and O–H groups in total. The van der Waals surface area contributed by atoms with Gasteiger partial charge in [0.05, 0.1) is 4.92 Å². The number of hydrogen-bond acceptors (Lipinski definition) is 5. The van der Waals surface area contributed by atoms with Crippen molar-refractivity contribution in [1.29, 1.82) is 0 Å². The molecule has 9 heteroatoms. The van der Waals surface area contributed by atoms with Crippen LogP contribution >= 0.6 is 11.8 Å². The van der Waals surface area contributed by atoms with Crippen LogP contribution in [0, 0.1) is 10.1 Å². The van der Waals surface area contributed by atoms with Crippen LogP contribution in [0.3, 0.4) is 0 Å². The van der Waals surface area contributed by atoms with Crippen LogP contribution in [-0.4, -0.2) is 11.3 Å². The third-order valence-corrected chi connectivity index (χ3v) is 4.47. The van der Waals surface area contributed by atoms with Gasteiger partial charge in [-0.15, -0.1) is 24.9 Å². The fourth-order valence-corrected chi connectivity index (χ4v) is 3.40. The number of nitro benzene ring substituents is 1. The zero-order chi connectivity index (χ0) is 18.0. The highest BCUT2D eigenvalue weighted by atomic mass is 32.2. The topological polar surface area (TPSA) is 55.6 Å². The fraction of sp³-hybridized carbons (Fsp3) is 0.125. The Morgan fingerprint density at radius 3 is 2.52 bits per heavy atom. The number of nitrogens with zero attached hydrogens (tertiary/aromatic N) is 2. The Kier molecular flexibility index (Phi) is 4.58. The van der Waals surface area contributed by atoms with Gasteiger partial charge in [-0.05, 0) is 23.1 Å². The van der Waals surface area contributed by atoms with E-state index in [1.54, 1.807) is 11.1 Å². The molecule has 25 heavy (non-hydrogen) atoms. The van der Waals surface area contributed by atoms with E-state index in [0.717, 1.165) is 17.7 Å². The van der Waals surface area contributed by atoms with Gasteiger partial charge in [-0.1, -0.05) is 30.3 Å². The van der Waals surface area contributed by atoms with Gasteiger partial charge in [-0.3, -0.25) is 10.1 Å². The predicted octanol–water partition coefficient (Wildman–Crippen LogP) is 5.22. The fourth-order valence-electron chi connectivity index (χ4n) is 2.42. The molecule has 0 aliphatic carbocycles. The van der Waals surface area contributed by atoms with Crippen LogP contribution in [0.25, 0.3) is 0 Å². The van der Waals surface area contributed by atoms with Gasteiger partial charge in [0, 0.05) is 18.0 Å². The molecule has 0 spiro atoms. The summed E-state index contributed by atoms with van der Waals surface area (Å²) in [5.41, 5.74) is 0.624. The lowest BCUT2D eigenvalue weighted by Crippen LogP contribution is -2.19. The summed E-state index contributed by atoms with van der Waals surface area (Å²) in [6.07, 6.45) is -3.27. The molecule has 0 bridgehead atoms. The van der Waals surface area contributed by atoms with Crippen LogP contribution in [0.5, 0.6) is 5.75 Å². The number of halogens is 3. The van der Waals surface area contributed by atoms with Gasteiger partial charge in [0.25, 0.3) is 0 Å². The Balaban J connectivity index is 1.95. The molecule has 0 radical (unpaired) electrons. The maximum absolute atomic E-state index is 12.4. The summed E-state index contributed by atoms with van der Waals surface area (Å²) in [5, 5.41) is 12.8. The summed E-state index contributed by atoms with van der Waals surface area (Å²) in [7, 11) is 0. The van der Waals surface area contributed by atoms with E-state index in [1.807, 2.05) is 35.7 Å². The van der Waals surface area contributed by atoms with Gasteiger partial charge in [-0.2, -0.15) is 0 Å². The molecular weight excluding hydrogens is 357 g/mol. The molecule has 1 aliphatic rings. The number of anilines is 1. The van der Waals surface area contributed by atoms with E-state index in [-0.39, 0.29) is 5.37 Å². The van der Waals surface area contributed by atoms with E-state index in [2.05, 4.69) is 4.74 Å². The predicted molar refractivity (Wildman–Crippen MR) is 88.2 cm³/mol. The largest absolute Gasteiger partial charge is 0.573 e. The Morgan fingerprint density at radius 2 is 1.88 bits per heavy atom. The zero-order valence-corrected chi connectivity index (χ0v) is 13.3. The highest BCUT2D eigenvalue weighted by Crippen LogP contribution is 2.44. The lowest BCUT2D eigenvalue weighted by Gasteiger charge is -2.25. The summed E-state index contributed by atoms with van der Waals surface area (Å²) < 4.78 is 40.9. The molecule has 3 rings (SSSR count). The van der Waals surface area contributed by atoms with Crippen molar-refractivity contribution in [2.75, 3.05) is 4.90 Å². The molecule has 130 valence electrons. The number of nitro groups is 1. The summed E-state index contributed by atoms with van der Waals surface area (Å²) in [6, 6.07) is 12.8. The molecule has 2 aromatic rings. The van der Waals surface area contributed by atoms with Gasteiger partial charge < -0.3 is 9.64 Å². The van der Waals surface area contributed by atoms with E-state index in [4.69, 9.17) is 0 Å². The molecule has 0 amide bonds. The second-order valence-corrected chi connectivity index (χ2v) is 6.04.